The highest BCUT2D eigenvalue weighted by atomic mass is 16.4. The summed E-state index contributed by atoms with van der Waals surface area (Å²) in [6.07, 6.45) is 0.0585. The van der Waals surface area contributed by atoms with Crippen molar-refractivity contribution in [3.05, 3.63) is 29.8 Å². The van der Waals surface area contributed by atoms with E-state index in [-0.39, 0.29) is 18.7 Å². The van der Waals surface area contributed by atoms with Crippen molar-refractivity contribution >= 4 is 17.9 Å². The van der Waals surface area contributed by atoms with Crippen LogP contribution in [-0.4, -0.2) is 47.8 Å². The van der Waals surface area contributed by atoms with E-state index < -0.39 is 23.9 Å². The lowest BCUT2D eigenvalue weighted by Crippen LogP contribution is -2.49. The van der Waals surface area contributed by atoms with Gasteiger partial charge in [0.1, 0.15) is 11.8 Å². The summed E-state index contributed by atoms with van der Waals surface area (Å²) in [6.45, 7) is -0.242. The summed E-state index contributed by atoms with van der Waals surface area (Å²) < 4.78 is 0. The number of hydrogen-bond donors (Lipinski definition) is 5. The van der Waals surface area contributed by atoms with E-state index in [0.717, 1.165) is 0 Å². The highest BCUT2D eigenvalue weighted by Crippen LogP contribution is 2.11. The van der Waals surface area contributed by atoms with Gasteiger partial charge < -0.3 is 26.2 Å². The smallest absolute Gasteiger partial charge is 0.326 e. The van der Waals surface area contributed by atoms with E-state index in [1.165, 1.54) is 19.2 Å². The first-order valence-corrected chi connectivity index (χ1v) is 6.18. The molecule has 0 aliphatic rings. The van der Waals surface area contributed by atoms with Crippen LogP contribution >= 0.6 is 0 Å². The minimum atomic E-state index is -1.20. The van der Waals surface area contributed by atoms with Gasteiger partial charge in [0.15, 0.2) is 0 Å². The molecule has 1 aromatic rings. The molecule has 0 radical (unpaired) electrons. The molecule has 0 saturated heterocycles. The van der Waals surface area contributed by atoms with Crippen molar-refractivity contribution in [3.63, 3.8) is 0 Å². The van der Waals surface area contributed by atoms with Crippen LogP contribution in [0.15, 0.2) is 24.3 Å². The van der Waals surface area contributed by atoms with Gasteiger partial charge in [-0.05, 0) is 17.7 Å². The van der Waals surface area contributed by atoms with E-state index in [1.54, 1.807) is 12.1 Å². The molecule has 0 fully saturated rings. The number of benzene rings is 1. The number of phenols is 1. The number of aromatic hydroxyl groups is 1. The minimum absolute atomic E-state index is 0.0585. The fourth-order valence-electron chi connectivity index (χ4n) is 1.53. The van der Waals surface area contributed by atoms with Crippen molar-refractivity contribution in [2.75, 3.05) is 13.6 Å². The van der Waals surface area contributed by atoms with Crippen LogP contribution in [0, 0.1) is 0 Å². The van der Waals surface area contributed by atoms with Crippen LogP contribution in [0.1, 0.15) is 5.56 Å². The van der Waals surface area contributed by atoms with E-state index in [0.29, 0.717) is 5.56 Å². The molecule has 0 aromatic heterocycles. The van der Waals surface area contributed by atoms with Crippen LogP contribution in [-0.2, 0) is 16.0 Å². The second kappa shape index (κ2) is 7.73. The molecule has 21 heavy (non-hydrogen) atoms. The van der Waals surface area contributed by atoms with Crippen LogP contribution < -0.4 is 16.0 Å². The molecule has 1 rings (SSSR count). The van der Waals surface area contributed by atoms with E-state index in [2.05, 4.69) is 16.0 Å². The normalized spacial score (nSPS) is 11.3. The highest BCUT2D eigenvalue weighted by Gasteiger charge is 2.20. The number of likely N-dealkylation sites (N-methyl/N-ethyl adjacent to an activating group) is 1. The highest BCUT2D eigenvalue weighted by molar-refractivity contribution is 5.86. The first kappa shape index (κ1) is 16.3. The van der Waals surface area contributed by atoms with Crippen LogP contribution in [0.25, 0.3) is 0 Å². The molecule has 0 aliphatic heterocycles. The number of hydrogen-bond acceptors (Lipinski definition) is 4. The Morgan fingerprint density at radius 1 is 1.19 bits per heavy atom. The molecule has 1 aromatic carbocycles. The Hall–Kier alpha value is -2.77. The van der Waals surface area contributed by atoms with Crippen molar-refractivity contribution in [3.8, 4) is 5.75 Å². The molecule has 0 unspecified atom stereocenters. The molecule has 0 bridgehead atoms. The summed E-state index contributed by atoms with van der Waals surface area (Å²) in [5.41, 5.74) is 0.645. The average molecular weight is 295 g/mol. The largest absolute Gasteiger partial charge is 0.508 e. The van der Waals surface area contributed by atoms with Gasteiger partial charge in [-0.25, -0.2) is 9.59 Å². The number of rotatable bonds is 6. The van der Waals surface area contributed by atoms with Gasteiger partial charge in [0.2, 0.25) is 5.91 Å². The van der Waals surface area contributed by atoms with Crippen molar-refractivity contribution in [2.24, 2.45) is 0 Å². The van der Waals surface area contributed by atoms with Gasteiger partial charge in [0.25, 0.3) is 0 Å². The Morgan fingerprint density at radius 2 is 1.81 bits per heavy atom. The van der Waals surface area contributed by atoms with Gasteiger partial charge >= 0.3 is 12.0 Å². The third-order valence-electron chi connectivity index (χ3n) is 2.67. The standard InChI is InChI=1S/C13H17N3O5/c1-14-11(18)7-15-13(21)16-10(12(19)20)6-8-2-4-9(17)5-3-8/h2-5,10,17H,6-7H2,1H3,(H,14,18)(H,19,20)(H2,15,16,21)/t10-/m1/s1. The number of nitrogens with one attached hydrogen (secondary N) is 3. The zero-order chi connectivity index (χ0) is 15.8. The van der Waals surface area contributed by atoms with Crippen LogP contribution in [0.5, 0.6) is 5.75 Å². The summed E-state index contributed by atoms with van der Waals surface area (Å²) in [5.74, 6) is -1.52. The first-order chi connectivity index (χ1) is 9.92. The zero-order valence-corrected chi connectivity index (χ0v) is 11.4. The summed E-state index contributed by atoms with van der Waals surface area (Å²) in [4.78, 5) is 33.6. The monoisotopic (exact) mass is 295 g/mol. The molecule has 5 N–H and O–H groups in total. The fraction of sp³-hybridized carbons (Fsp3) is 0.308. The lowest BCUT2D eigenvalue weighted by molar-refractivity contribution is -0.139. The number of carboxylic acid groups (broad SMARTS) is 1. The Bertz CT molecular complexity index is 515. The SMILES string of the molecule is CNC(=O)CNC(=O)N[C@H](Cc1ccc(O)cc1)C(=O)O. The first-order valence-electron chi connectivity index (χ1n) is 6.18. The lowest BCUT2D eigenvalue weighted by Gasteiger charge is -2.15. The van der Waals surface area contributed by atoms with Gasteiger partial charge in [-0.1, -0.05) is 12.1 Å². The Balaban J connectivity index is 2.57. The van der Waals surface area contributed by atoms with E-state index in [1.807, 2.05) is 0 Å². The summed E-state index contributed by atoms with van der Waals surface area (Å²) in [5, 5.41) is 25.1. The summed E-state index contributed by atoms with van der Waals surface area (Å²) in [7, 11) is 1.42. The van der Waals surface area contributed by atoms with Gasteiger partial charge in [-0.15, -0.1) is 0 Å². The lowest BCUT2D eigenvalue weighted by atomic mass is 10.1. The molecular weight excluding hydrogens is 278 g/mol. The minimum Gasteiger partial charge on any atom is -0.508 e. The van der Waals surface area contributed by atoms with E-state index in [9.17, 15) is 14.4 Å². The fourth-order valence-corrected chi connectivity index (χ4v) is 1.53. The molecule has 1 atom stereocenters. The second-order valence-corrected chi connectivity index (χ2v) is 4.26. The molecule has 3 amide bonds. The van der Waals surface area contributed by atoms with Crippen molar-refractivity contribution < 1.29 is 24.6 Å². The molecule has 0 heterocycles. The van der Waals surface area contributed by atoms with Gasteiger partial charge in [0, 0.05) is 13.5 Å². The number of carbonyl (C=O) groups is 3. The van der Waals surface area contributed by atoms with Gasteiger partial charge in [-0.2, -0.15) is 0 Å². The Labute approximate surface area is 121 Å². The second-order valence-electron chi connectivity index (χ2n) is 4.26. The zero-order valence-electron chi connectivity index (χ0n) is 11.4. The predicted octanol–water partition coefficient (Wildman–Crippen LogP) is -0.567. The van der Waals surface area contributed by atoms with E-state index in [4.69, 9.17) is 10.2 Å². The third kappa shape index (κ3) is 5.81. The van der Waals surface area contributed by atoms with Gasteiger partial charge in [0.05, 0.1) is 6.54 Å². The molecule has 0 spiro atoms. The number of urea groups is 1. The number of carboxylic acids is 1. The van der Waals surface area contributed by atoms with Crippen LogP contribution in [0.4, 0.5) is 4.79 Å². The number of carbonyl (C=O) groups excluding carboxylic acids is 2. The van der Waals surface area contributed by atoms with Crippen molar-refractivity contribution in [1.82, 2.24) is 16.0 Å². The average Bonchev–Trinajstić information content (AvgIpc) is 2.46. The Morgan fingerprint density at radius 3 is 2.33 bits per heavy atom. The summed E-state index contributed by atoms with van der Waals surface area (Å²) >= 11 is 0. The molecular formula is C13H17N3O5. The Kier molecular flexibility index (Phi) is 5.99. The maximum Gasteiger partial charge on any atom is 0.326 e. The summed E-state index contributed by atoms with van der Waals surface area (Å²) in [6, 6.07) is 4.11. The molecule has 114 valence electrons. The molecule has 0 saturated carbocycles. The van der Waals surface area contributed by atoms with Crippen molar-refractivity contribution in [2.45, 2.75) is 12.5 Å². The predicted molar refractivity (Wildman–Crippen MR) is 73.8 cm³/mol. The number of phenolic OH excluding ortho intramolecular Hbond substituents is 1. The van der Waals surface area contributed by atoms with Gasteiger partial charge in [-0.3, -0.25) is 4.79 Å². The van der Waals surface area contributed by atoms with Crippen LogP contribution in [0.2, 0.25) is 0 Å². The quantitative estimate of drug-likeness (QED) is 0.480. The maximum absolute atomic E-state index is 11.5. The number of amides is 3. The van der Waals surface area contributed by atoms with Crippen molar-refractivity contribution in [1.29, 1.82) is 0 Å². The molecule has 8 heteroatoms. The number of aliphatic carboxylic acids is 1. The topological polar surface area (TPSA) is 128 Å². The van der Waals surface area contributed by atoms with E-state index >= 15 is 0 Å². The third-order valence-corrected chi connectivity index (χ3v) is 2.67. The maximum atomic E-state index is 11.5. The van der Waals surface area contributed by atoms with Crippen LogP contribution in [0.3, 0.4) is 0 Å². The molecule has 0 aliphatic carbocycles. The molecule has 8 nitrogen and oxygen atoms in total.